The Morgan fingerprint density at radius 2 is 1.02 bits per heavy atom. The Morgan fingerprint density at radius 3 is 1.43 bits per heavy atom. The number of benzene rings is 2. The van der Waals surface area contributed by atoms with Crippen molar-refractivity contribution >= 4 is 118 Å². The Hall–Kier alpha value is -0.384. The third-order valence-electron chi connectivity index (χ3n) is 5.71. The van der Waals surface area contributed by atoms with Crippen molar-refractivity contribution in [3.05, 3.63) is 152 Å². The summed E-state index contributed by atoms with van der Waals surface area (Å²) in [7, 11) is -4.80. The van der Waals surface area contributed by atoms with Crippen LogP contribution in [0.5, 0.6) is 0 Å². The van der Waals surface area contributed by atoms with E-state index < -0.39 is 15.6 Å². The van der Waals surface area contributed by atoms with Crippen LogP contribution in [0.2, 0.25) is 0 Å². The van der Waals surface area contributed by atoms with Crippen LogP contribution in [0.25, 0.3) is 0 Å². The molecule has 3 aromatic heterocycles. The van der Waals surface area contributed by atoms with Crippen molar-refractivity contribution in [1.82, 2.24) is 15.0 Å². The molecule has 9 nitrogen and oxygen atoms in total. The molecule has 17 heteroatoms. The molecular weight excluding hydrogens is 1090 g/mol. The minimum atomic E-state index is -4.80. The molecule has 0 fully saturated rings. The van der Waals surface area contributed by atoms with Gasteiger partial charge in [0.05, 0.1) is 17.4 Å². The van der Waals surface area contributed by atoms with Crippen molar-refractivity contribution in [2.45, 2.75) is 33.8 Å². The number of aliphatic imine (C=N–C) groups is 1. The predicted octanol–water partition coefficient (Wildman–Crippen LogP) is 8.29. The van der Waals surface area contributed by atoms with Gasteiger partial charge in [-0.3, -0.25) is 9.79 Å². The molecule has 0 bridgehead atoms. The van der Waals surface area contributed by atoms with Gasteiger partial charge in [0, 0.05) is 19.6 Å². The molecule has 0 saturated carbocycles. The van der Waals surface area contributed by atoms with Gasteiger partial charge >= 0.3 is 51.4 Å². The summed E-state index contributed by atoms with van der Waals surface area (Å²) >= 11 is 19.2. The first kappa shape index (κ1) is 52.7. The molecule has 0 radical (unpaired) electrons. The summed E-state index contributed by atoms with van der Waals surface area (Å²) in [5.74, 6) is 0. The number of halogens is 6. The molecule has 0 aliphatic rings. The molecule has 5 aromatic rings. The standard InChI is InChI=1S/C19H14Br2N2.C6H5Br2NO4S.C6H3Br2NO.3CH4.K/c20-16-11-12-18(21)23-17(16)13-22-19(14-7-3-1-4-8-14)15-9-5-2-6-10-15;7-3-1-2-4(8)9-5(3)6(10)14(11,12)13;7-4-1-2-6(8)9-5(4)3-10;;;;/h1-13,19H;1-2,6,10H,(H,11,12,13);1-3H;3*1H4;/q;;;;;;+1/p-1. The van der Waals surface area contributed by atoms with Crippen LogP contribution in [0.4, 0.5) is 0 Å². The van der Waals surface area contributed by atoms with E-state index in [1.54, 1.807) is 12.1 Å². The van der Waals surface area contributed by atoms with E-state index in [9.17, 15) is 17.8 Å². The fraction of sp³-hybridized carbons (Fsp3) is 0.147. The van der Waals surface area contributed by atoms with Gasteiger partial charge in [-0.1, -0.05) is 82.9 Å². The van der Waals surface area contributed by atoms with Crippen LogP contribution in [-0.4, -0.2) is 45.5 Å². The maximum Gasteiger partial charge on any atom is 1.00 e. The number of hydrogen-bond acceptors (Lipinski definition) is 9. The Kier molecular flexibility index (Phi) is 27.3. The Bertz CT molecular complexity index is 1910. The van der Waals surface area contributed by atoms with Crippen LogP contribution in [0.1, 0.15) is 66.8 Å². The van der Waals surface area contributed by atoms with E-state index in [1.165, 1.54) is 12.1 Å². The molecule has 0 aliphatic heterocycles. The summed E-state index contributed by atoms with van der Waals surface area (Å²) in [5, 5.41) is 9.15. The molecular formula is C34H33Br6KN4O5S. The number of rotatable bonds is 7. The van der Waals surface area contributed by atoms with E-state index >= 15 is 0 Å². The molecule has 0 saturated heterocycles. The van der Waals surface area contributed by atoms with Gasteiger partial charge in [-0.25, -0.2) is 23.4 Å². The summed E-state index contributed by atoms with van der Waals surface area (Å²) < 4.78 is 35.2. The van der Waals surface area contributed by atoms with E-state index in [0.717, 1.165) is 25.9 Å². The molecule has 1 unspecified atom stereocenters. The smallest absolute Gasteiger partial charge is 0.746 e. The molecule has 3 heterocycles. The number of carbonyl (C=O) groups excluding carboxylic acids is 1. The zero-order chi connectivity index (χ0) is 34.6. The van der Waals surface area contributed by atoms with Gasteiger partial charge in [0.25, 0.3) is 0 Å². The van der Waals surface area contributed by atoms with Gasteiger partial charge < -0.3 is 9.66 Å². The zero-order valence-electron chi connectivity index (χ0n) is 24.6. The molecule has 1 N–H and O–H groups in total. The Labute approximate surface area is 393 Å². The van der Waals surface area contributed by atoms with E-state index in [4.69, 9.17) is 10.1 Å². The third-order valence-corrected chi connectivity index (χ3v) is 9.82. The Morgan fingerprint density at radius 1 is 0.627 bits per heavy atom. The number of aromatic nitrogens is 3. The first-order valence-electron chi connectivity index (χ1n) is 13.0. The zero-order valence-corrected chi connectivity index (χ0v) is 38.0. The molecule has 0 spiro atoms. The van der Waals surface area contributed by atoms with E-state index in [1.807, 2.05) is 54.7 Å². The van der Waals surface area contributed by atoms with Gasteiger partial charge in [-0.2, -0.15) is 0 Å². The average molecular weight is 1130 g/mol. The summed E-state index contributed by atoms with van der Waals surface area (Å²) in [6.07, 6.45) is 2.52. The molecule has 2 aromatic carbocycles. The monoisotopic (exact) mass is 1120 g/mol. The SMILES string of the molecule is Brc1ccc(Br)c(C=NC(c2ccccc2)c2ccccc2)n1.C.C.C.O=Cc1nc(Br)ccc1Br.O=S(=O)([O-])C(O)c1nc(Br)ccc1Br.[K+]. The van der Waals surface area contributed by atoms with Crippen molar-refractivity contribution in [3.8, 4) is 0 Å². The largest absolute Gasteiger partial charge is 1.00 e. The van der Waals surface area contributed by atoms with Gasteiger partial charge in [-0.05, 0) is 143 Å². The number of carbonyl (C=O) groups is 1. The van der Waals surface area contributed by atoms with Crippen molar-refractivity contribution < 1.29 is 74.3 Å². The first-order chi connectivity index (χ1) is 22.3. The molecule has 5 rings (SSSR count). The fourth-order valence-corrected chi connectivity index (χ4v) is 6.21. The van der Waals surface area contributed by atoms with Gasteiger partial charge in [-0.15, -0.1) is 0 Å². The number of aliphatic hydroxyl groups is 1. The molecule has 0 amide bonds. The topological polar surface area (TPSA) is 146 Å². The second-order valence-corrected chi connectivity index (χ2v) is 15.4. The minimum Gasteiger partial charge on any atom is -0.746 e. The van der Waals surface area contributed by atoms with Crippen LogP contribution in [0, 0.1) is 0 Å². The van der Waals surface area contributed by atoms with Crippen LogP contribution >= 0.6 is 95.6 Å². The Balaban J connectivity index is 0. The van der Waals surface area contributed by atoms with Crippen molar-refractivity contribution in [2.24, 2.45) is 4.99 Å². The number of aldehydes is 1. The quantitative estimate of drug-likeness (QED) is 0.0564. The third kappa shape index (κ3) is 17.7. The van der Waals surface area contributed by atoms with E-state index in [2.05, 4.69) is 135 Å². The normalized spacial score (nSPS) is 10.8. The molecule has 1 atom stereocenters. The van der Waals surface area contributed by atoms with E-state index in [0.29, 0.717) is 25.7 Å². The molecule has 51 heavy (non-hydrogen) atoms. The second-order valence-electron chi connectivity index (χ2n) is 8.97. The molecule has 268 valence electrons. The average Bonchev–Trinajstić information content (AvgIpc) is 3.06. The minimum absolute atomic E-state index is 0. The predicted molar refractivity (Wildman–Crippen MR) is 221 cm³/mol. The summed E-state index contributed by atoms with van der Waals surface area (Å²) in [6.45, 7) is 0. The second kappa shape index (κ2) is 26.4. The first-order valence-corrected chi connectivity index (χ1v) is 19.2. The fourth-order valence-electron chi connectivity index (χ4n) is 3.56. The summed E-state index contributed by atoms with van der Waals surface area (Å²) in [6, 6.07) is 30.9. The van der Waals surface area contributed by atoms with Crippen LogP contribution in [0.15, 0.2) is 129 Å². The van der Waals surface area contributed by atoms with Crippen molar-refractivity contribution in [2.75, 3.05) is 0 Å². The maximum atomic E-state index is 10.5. The van der Waals surface area contributed by atoms with Crippen LogP contribution in [-0.2, 0) is 10.1 Å². The molecule has 0 aliphatic carbocycles. The van der Waals surface area contributed by atoms with Crippen molar-refractivity contribution in [3.63, 3.8) is 0 Å². The van der Waals surface area contributed by atoms with Crippen LogP contribution in [0.3, 0.4) is 0 Å². The maximum absolute atomic E-state index is 10.5. The number of aliphatic hydroxyl groups excluding tert-OH is 1. The van der Waals surface area contributed by atoms with Gasteiger partial charge in [0.15, 0.2) is 11.7 Å². The van der Waals surface area contributed by atoms with Gasteiger partial charge in [0.2, 0.25) is 0 Å². The summed E-state index contributed by atoms with van der Waals surface area (Å²) in [4.78, 5) is 27.1. The number of pyridine rings is 3. The van der Waals surface area contributed by atoms with E-state index in [-0.39, 0.29) is 89.9 Å². The summed E-state index contributed by atoms with van der Waals surface area (Å²) in [5.41, 5.74) is 1.14. The number of hydrogen-bond donors (Lipinski definition) is 1. The van der Waals surface area contributed by atoms with Crippen LogP contribution < -0.4 is 51.4 Å². The van der Waals surface area contributed by atoms with Gasteiger partial charge in [0.1, 0.15) is 29.6 Å². The number of nitrogens with zero attached hydrogens (tertiary/aromatic N) is 4. The van der Waals surface area contributed by atoms with Crippen molar-refractivity contribution in [1.29, 1.82) is 0 Å².